The van der Waals surface area contributed by atoms with Crippen molar-refractivity contribution in [2.45, 2.75) is 6.92 Å². The summed E-state index contributed by atoms with van der Waals surface area (Å²) < 4.78 is 4.65. The van der Waals surface area contributed by atoms with Crippen molar-refractivity contribution in [3.05, 3.63) is 18.2 Å². The third-order valence-electron chi connectivity index (χ3n) is 1.55. The van der Waals surface area contributed by atoms with Crippen LogP contribution in [0.3, 0.4) is 0 Å². The van der Waals surface area contributed by atoms with Gasteiger partial charge >= 0.3 is 6.09 Å². The number of amides is 1. The van der Waals surface area contributed by atoms with Crippen LogP contribution in [0, 0.1) is 0 Å². The Morgan fingerprint density at radius 3 is 2.93 bits per heavy atom. The SMILES string of the molecule is CCOC(=O)Nc1ccc(N)c(O)c1. The minimum atomic E-state index is -0.559. The van der Waals surface area contributed by atoms with E-state index in [1.165, 1.54) is 12.1 Å². The van der Waals surface area contributed by atoms with Gasteiger partial charge in [0.15, 0.2) is 0 Å². The quantitative estimate of drug-likeness (QED) is 0.494. The molecule has 0 fully saturated rings. The number of phenols is 1. The largest absolute Gasteiger partial charge is 0.506 e. The second-order valence-corrected chi connectivity index (χ2v) is 2.62. The van der Waals surface area contributed by atoms with Gasteiger partial charge in [0.2, 0.25) is 0 Å². The van der Waals surface area contributed by atoms with E-state index < -0.39 is 6.09 Å². The predicted octanol–water partition coefficient (Wildman–Crippen LogP) is 1.54. The van der Waals surface area contributed by atoms with Gasteiger partial charge in [-0.05, 0) is 19.1 Å². The van der Waals surface area contributed by atoms with E-state index in [2.05, 4.69) is 10.1 Å². The van der Waals surface area contributed by atoms with Crippen LogP contribution in [0.1, 0.15) is 6.92 Å². The molecule has 1 aromatic rings. The maximum absolute atomic E-state index is 11.0. The molecular weight excluding hydrogens is 184 g/mol. The van der Waals surface area contributed by atoms with Gasteiger partial charge in [0.1, 0.15) is 5.75 Å². The lowest BCUT2D eigenvalue weighted by Crippen LogP contribution is -2.13. The fourth-order valence-corrected chi connectivity index (χ4v) is 0.906. The molecule has 5 nitrogen and oxygen atoms in total. The number of nitrogen functional groups attached to an aromatic ring is 1. The van der Waals surface area contributed by atoms with E-state index in [1.807, 2.05) is 0 Å². The van der Waals surface area contributed by atoms with Crippen LogP contribution >= 0.6 is 0 Å². The maximum Gasteiger partial charge on any atom is 0.411 e. The maximum atomic E-state index is 11.0. The first kappa shape index (κ1) is 10.2. The standard InChI is InChI=1S/C9H12N2O3/c1-2-14-9(13)11-6-3-4-7(10)8(12)5-6/h3-5,12H,2,10H2,1H3,(H,11,13). The van der Waals surface area contributed by atoms with Crippen LogP contribution in [-0.2, 0) is 4.74 Å². The van der Waals surface area contributed by atoms with Crippen LogP contribution in [0.5, 0.6) is 5.75 Å². The third-order valence-corrected chi connectivity index (χ3v) is 1.55. The van der Waals surface area contributed by atoms with Crippen molar-refractivity contribution in [3.63, 3.8) is 0 Å². The summed E-state index contributed by atoms with van der Waals surface area (Å²) in [5, 5.41) is 11.7. The first-order valence-electron chi connectivity index (χ1n) is 4.15. The molecule has 0 heterocycles. The van der Waals surface area contributed by atoms with Gasteiger partial charge in [-0.3, -0.25) is 5.32 Å². The molecule has 0 radical (unpaired) electrons. The van der Waals surface area contributed by atoms with Gasteiger partial charge in [-0.2, -0.15) is 0 Å². The molecule has 0 saturated heterocycles. The molecule has 1 aromatic carbocycles. The summed E-state index contributed by atoms with van der Waals surface area (Å²) in [6, 6.07) is 4.43. The summed E-state index contributed by atoms with van der Waals surface area (Å²) >= 11 is 0. The summed E-state index contributed by atoms with van der Waals surface area (Å²) in [6.07, 6.45) is -0.559. The zero-order valence-electron chi connectivity index (χ0n) is 7.78. The van der Waals surface area contributed by atoms with Crippen molar-refractivity contribution in [3.8, 4) is 5.75 Å². The molecule has 0 aliphatic carbocycles. The smallest absolute Gasteiger partial charge is 0.411 e. The summed E-state index contributed by atoms with van der Waals surface area (Å²) in [5.41, 5.74) is 6.09. The van der Waals surface area contributed by atoms with Crippen LogP contribution in [0.4, 0.5) is 16.2 Å². The van der Waals surface area contributed by atoms with Crippen molar-refractivity contribution in [2.24, 2.45) is 0 Å². The topological polar surface area (TPSA) is 84.6 Å². The van der Waals surface area contributed by atoms with Gasteiger partial charge in [-0.15, -0.1) is 0 Å². The van der Waals surface area contributed by atoms with Crippen molar-refractivity contribution in [1.82, 2.24) is 0 Å². The number of phenolic OH excluding ortho intramolecular Hbond substituents is 1. The summed E-state index contributed by atoms with van der Waals surface area (Å²) in [4.78, 5) is 11.0. The highest BCUT2D eigenvalue weighted by Gasteiger charge is 2.03. The minimum absolute atomic E-state index is 0.0701. The molecule has 0 atom stereocenters. The number of hydrogen-bond donors (Lipinski definition) is 3. The van der Waals surface area contributed by atoms with E-state index in [4.69, 9.17) is 5.73 Å². The third kappa shape index (κ3) is 2.55. The molecule has 1 rings (SSSR count). The Kier molecular flexibility index (Phi) is 3.17. The average molecular weight is 196 g/mol. The van der Waals surface area contributed by atoms with Gasteiger partial charge in [0.05, 0.1) is 12.3 Å². The number of aromatic hydroxyl groups is 1. The Hall–Kier alpha value is -1.91. The number of ether oxygens (including phenoxy) is 1. The lowest BCUT2D eigenvalue weighted by Gasteiger charge is -2.06. The van der Waals surface area contributed by atoms with Crippen LogP contribution < -0.4 is 11.1 Å². The van der Waals surface area contributed by atoms with Gasteiger partial charge in [-0.1, -0.05) is 0 Å². The second-order valence-electron chi connectivity index (χ2n) is 2.62. The highest BCUT2D eigenvalue weighted by atomic mass is 16.5. The molecule has 0 saturated carbocycles. The zero-order chi connectivity index (χ0) is 10.6. The van der Waals surface area contributed by atoms with E-state index in [1.54, 1.807) is 13.0 Å². The van der Waals surface area contributed by atoms with Crippen LogP contribution in [0.15, 0.2) is 18.2 Å². The molecule has 5 heteroatoms. The number of nitrogens with two attached hydrogens (primary N) is 1. The Labute approximate surface area is 81.5 Å². The summed E-state index contributed by atoms with van der Waals surface area (Å²) in [5.74, 6) is -0.0701. The van der Waals surface area contributed by atoms with E-state index in [-0.39, 0.29) is 11.4 Å². The molecule has 0 aliphatic heterocycles. The number of hydrogen-bond acceptors (Lipinski definition) is 4. The molecule has 76 valence electrons. The normalized spacial score (nSPS) is 9.50. The van der Waals surface area contributed by atoms with E-state index >= 15 is 0 Å². The highest BCUT2D eigenvalue weighted by molar-refractivity contribution is 5.85. The Morgan fingerprint density at radius 1 is 1.64 bits per heavy atom. The molecule has 1 amide bonds. The molecule has 14 heavy (non-hydrogen) atoms. The van der Waals surface area contributed by atoms with E-state index in [9.17, 15) is 9.90 Å². The number of carbonyl (C=O) groups is 1. The van der Waals surface area contributed by atoms with Crippen molar-refractivity contribution >= 4 is 17.5 Å². The van der Waals surface area contributed by atoms with Crippen LogP contribution in [-0.4, -0.2) is 17.8 Å². The summed E-state index contributed by atoms with van der Waals surface area (Å²) in [7, 11) is 0. The fourth-order valence-electron chi connectivity index (χ4n) is 0.906. The molecule has 0 aliphatic rings. The predicted molar refractivity (Wildman–Crippen MR) is 53.2 cm³/mol. The molecular formula is C9H12N2O3. The van der Waals surface area contributed by atoms with Crippen molar-refractivity contribution in [1.29, 1.82) is 0 Å². The van der Waals surface area contributed by atoms with E-state index in [0.29, 0.717) is 12.3 Å². The van der Waals surface area contributed by atoms with Crippen LogP contribution in [0.25, 0.3) is 0 Å². The lowest BCUT2D eigenvalue weighted by molar-refractivity contribution is 0.168. The van der Waals surface area contributed by atoms with Gasteiger partial charge in [0, 0.05) is 11.8 Å². The van der Waals surface area contributed by atoms with E-state index in [0.717, 1.165) is 0 Å². The van der Waals surface area contributed by atoms with Crippen LogP contribution in [0.2, 0.25) is 0 Å². The van der Waals surface area contributed by atoms with Gasteiger partial charge in [0.25, 0.3) is 0 Å². The Balaban J connectivity index is 2.68. The monoisotopic (exact) mass is 196 g/mol. The fraction of sp³-hybridized carbons (Fsp3) is 0.222. The molecule has 0 aromatic heterocycles. The number of benzene rings is 1. The van der Waals surface area contributed by atoms with Gasteiger partial charge in [-0.25, -0.2) is 4.79 Å². The number of rotatable bonds is 2. The molecule has 0 spiro atoms. The number of nitrogens with one attached hydrogen (secondary N) is 1. The number of carbonyl (C=O) groups excluding carboxylic acids is 1. The first-order valence-corrected chi connectivity index (χ1v) is 4.15. The van der Waals surface area contributed by atoms with Gasteiger partial charge < -0.3 is 15.6 Å². The second kappa shape index (κ2) is 4.36. The van der Waals surface area contributed by atoms with Crippen molar-refractivity contribution < 1.29 is 14.6 Å². The Bertz CT molecular complexity index is 339. The first-order chi connectivity index (χ1) is 6.63. The molecule has 0 bridgehead atoms. The average Bonchev–Trinajstić information content (AvgIpc) is 2.12. The summed E-state index contributed by atoms with van der Waals surface area (Å²) in [6.45, 7) is 2.01. The van der Waals surface area contributed by atoms with Crippen molar-refractivity contribution in [2.75, 3.05) is 17.7 Å². The minimum Gasteiger partial charge on any atom is -0.506 e. The zero-order valence-corrected chi connectivity index (χ0v) is 7.78. The molecule has 0 unspecified atom stereocenters. The number of anilines is 2. The Morgan fingerprint density at radius 2 is 2.36 bits per heavy atom. The lowest BCUT2D eigenvalue weighted by atomic mass is 10.2. The highest BCUT2D eigenvalue weighted by Crippen LogP contribution is 2.23. The molecule has 4 N–H and O–H groups in total.